The first-order valence-electron chi connectivity index (χ1n) is 13.0. The van der Waals surface area contributed by atoms with Crippen LogP contribution >= 0.6 is 11.3 Å². The molecule has 0 atom stereocenters. The number of thiazole rings is 1. The molecule has 0 radical (unpaired) electrons. The molecule has 3 heterocycles. The minimum Gasteiger partial charge on any atom is -0.347 e. The zero-order valence-electron chi connectivity index (χ0n) is 21.3. The van der Waals surface area contributed by atoms with Crippen LogP contribution in [-0.4, -0.2) is 44.2 Å². The average Bonchev–Trinajstić information content (AvgIpc) is 3.69. The third kappa shape index (κ3) is 6.76. The predicted molar refractivity (Wildman–Crippen MR) is 146 cm³/mol. The van der Waals surface area contributed by atoms with E-state index in [-0.39, 0.29) is 30.3 Å². The van der Waals surface area contributed by atoms with Gasteiger partial charge in [-0.1, -0.05) is 30.5 Å². The third-order valence-corrected chi connectivity index (χ3v) is 7.97. The number of rotatable bonds is 12. The second kappa shape index (κ2) is 11.9. The van der Waals surface area contributed by atoms with Crippen molar-refractivity contribution in [2.24, 2.45) is 10.9 Å². The second-order valence-electron chi connectivity index (χ2n) is 10.2. The van der Waals surface area contributed by atoms with Crippen molar-refractivity contribution in [2.75, 3.05) is 6.54 Å². The summed E-state index contributed by atoms with van der Waals surface area (Å²) in [6.07, 6.45) is 13.0. The van der Waals surface area contributed by atoms with E-state index >= 15 is 0 Å². The molecule has 0 spiro atoms. The van der Waals surface area contributed by atoms with Gasteiger partial charge in [0.15, 0.2) is 5.78 Å². The Morgan fingerprint density at radius 2 is 2.00 bits per heavy atom. The Hall–Kier alpha value is -3.23. The summed E-state index contributed by atoms with van der Waals surface area (Å²) in [6, 6.07) is 5.91. The minimum absolute atomic E-state index is 0.0906. The van der Waals surface area contributed by atoms with Crippen LogP contribution in [0, 0.1) is 12.8 Å². The maximum absolute atomic E-state index is 13.2. The van der Waals surface area contributed by atoms with Crippen molar-refractivity contribution in [1.29, 1.82) is 0 Å². The van der Waals surface area contributed by atoms with Gasteiger partial charge in [-0.3, -0.25) is 19.5 Å². The summed E-state index contributed by atoms with van der Waals surface area (Å²) in [4.78, 5) is 44.8. The van der Waals surface area contributed by atoms with Gasteiger partial charge in [-0.2, -0.15) is 0 Å². The first-order valence-corrected chi connectivity index (χ1v) is 13.9. The van der Waals surface area contributed by atoms with Crippen LogP contribution in [0.4, 0.5) is 0 Å². The number of benzene rings is 1. The predicted octanol–water partition coefficient (Wildman–Crippen LogP) is 5.26. The molecule has 1 aromatic carbocycles. The van der Waals surface area contributed by atoms with Gasteiger partial charge in [-0.05, 0) is 37.0 Å². The lowest BCUT2D eigenvalue weighted by atomic mass is 9.90. The Morgan fingerprint density at radius 1 is 1.14 bits per heavy atom. The fraction of sp³-hybridized carbons (Fsp3) is 0.414. The smallest absolute Gasteiger partial charge is 0.166 e. The Balaban J connectivity index is 1.22. The molecule has 5 rings (SSSR count). The van der Waals surface area contributed by atoms with E-state index in [9.17, 15) is 9.59 Å². The summed E-state index contributed by atoms with van der Waals surface area (Å²) in [5.41, 5.74) is 5.92. The molecule has 1 saturated carbocycles. The van der Waals surface area contributed by atoms with Crippen molar-refractivity contribution in [3.05, 3.63) is 81.0 Å². The lowest BCUT2D eigenvalue weighted by molar-refractivity contribution is -0.117. The number of nitrogens with zero attached hydrogens (tertiary/aromatic N) is 4. The number of aliphatic imine (C=N–C) groups is 1. The van der Waals surface area contributed by atoms with Crippen LogP contribution in [0.1, 0.15) is 70.0 Å². The summed E-state index contributed by atoms with van der Waals surface area (Å²) in [7, 11) is 0. The van der Waals surface area contributed by atoms with Gasteiger partial charge < -0.3 is 4.98 Å². The van der Waals surface area contributed by atoms with Crippen LogP contribution in [0.25, 0.3) is 0 Å². The lowest BCUT2D eigenvalue weighted by Crippen LogP contribution is -2.25. The average molecular weight is 516 g/mol. The van der Waals surface area contributed by atoms with E-state index in [1.165, 1.54) is 16.9 Å². The monoisotopic (exact) mass is 515 g/mol. The molecule has 1 N–H and O–H groups in total. The molecular weight excluding hydrogens is 482 g/mol. The number of hydrogen-bond acceptors (Lipinski definition) is 7. The fourth-order valence-electron chi connectivity index (χ4n) is 5.21. The Bertz CT molecular complexity index is 1300. The van der Waals surface area contributed by atoms with E-state index in [1.54, 1.807) is 6.33 Å². The number of carbonyl (C=O) groups excluding carboxylic acids is 2. The van der Waals surface area contributed by atoms with Crippen molar-refractivity contribution in [3.8, 4) is 0 Å². The molecule has 7 nitrogen and oxygen atoms in total. The highest BCUT2D eigenvalue weighted by Crippen LogP contribution is 2.30. The Labute approximate surface area is 221 Å². The number of aromatic amines is 1. The summed E-state index contributed by atoms with van der Waals surface area (Å²) < 4.78 is 0. The first-order chi connectivity index (χ1) is 18.0. The summed E-state index contributed by atoms with van der Waals surface area (Å²) in [6.45, 7) is 4.21. The largest absolute Gasteiger partial charge is 0.347 e. The van der Waals surface area contributed by atoms with Gasteiger partial charge in [-0.15, -0.1) is 11.3 Å². The van der Waals surface area contributed by atoms with Crippen molar-refractivity contribution in [2.45, 2.75) is 65.0 Å². The van der Waals surface area contributed by atoms with E-state index in [2.05, 4.69) is 19.9 Å². The summed E-state index contributed by atoms with van der Waals surface area (Å²) >= 11 is 1.53. The maximum Gasteiger partial charge on any atom is 0.166 e. The molecule has 37 heavy (non-hydrogen) atoms. The number of hydrogen-bond donors (Lipinski definition) is 1. The van der Waals surface area contributed by atoms with Crippen LogP contribution in [0.3, 0.4) is 0 Å². The summed E-state index contributed by atoms with van der Waals surface area (Å²) in [5.74, 6) is 0.405. The first kappa shape index (κ1) is 25.4. The molecule has 192 valence electrons. The number of H-pyrrole nitrogens is 1. The SMILES string of the molecule is Cc1ccc(CC(=O)Cc2nc(CN(CC3=CN=CC3)Cc3cnc[nH]3)cs2)c(C(=O)C2CCCC2)c1. The van der Waals surface area contributed by atoms with E-state index < -0.39 is 0 Å². The third-order valence-electron chi connectivity index (χ3n) is 7.07. The number of aromatic nitrogens is 3. The van der Waals surface area contributed by atoms with E-state index in [4.69, 9.17) is 4.98 Å². The fourth-order valence-corrected chi connectivity index (χ4v) is 6.02. The molecule has 0 saturated heterocycles. The number of ketones is 2. The molecule has 1 aliphatic carbocycles. The van der Waals surface area contributed by atoms with Crippen molar-refractivity contribution in [3.63, 3.8) is 0 Å². The van der Waals surface area contributed by atoms with Crippen LogP contribution in [0.15, 0.2) is 52.9 Å². The number of nitrogens with one attached hydrogen (secondary N) is 1. The number of aryl methyl sites for hydroxylation is 1. The van der Waals surface area contributed by atoms with E-state index in [1.807, 2.05) is 49.1 Å². The highest BCUT2D eigenvalue weighted by atomic mass is 32.1. The van der Waals surface area contributed by atoms with Crippen LogP contribution in [0.5, 0.6) is 0 Å². The second-order valence-corrected chi connectivity index (χ2v) is 11.1. The maximum atomic E-state index is 13.2. The summed E-state index contributed by atoms with van der Waals surface area (Å²) in [5, 5.41) is 2.86. The highest BCUT2D eigenvalue weighted by Gasteiger charge is 2.26. The molecular formula is C29H33N5O2S. The van der Waals surface area contributed by atoms with Gasteiger partial charge in [0.2, 0.25) is 0 Å². The van der Waals surface area contributed by atoms with Crippen molar-refractivity contribution >= 4 is 29.1 Å². The number of carbonyl (C=O) groups is 2. The highest BCUT2D eigenvalue weighted by molar-refractivity contribution is 7.09. The number of imidazole rings is 1. The van der Waals surface area contributed by atoms with Gasteiger partial charge in [-0.25, -0.2) is 9.97 Å². The topological polar surface area (TPSA) is 91.3 Å². The number of Topliss-reactive ketones (excluding diaryl/α,β-unsaturated/α-hetero) is 2. The Kier molecular flexibility index (Phi) is 8.16. The molecule has 2 aliphatic rings. The van der Waals surface area contributed by atoms with Gasteiger partial charge >= 0.3 is 0 Å². The van der Waals surface area contributed by atoms with Gasteiger partial charge in [0.1, 0.15) is 10.8 Å². The van der Waals surface area contributed by atoms with Gasteiger partial charge in [0.25, 0.3) is 0 Å². The minimum atomic E-state index is 0.0906. The molecule has 0 amide bonds. The quantitative estimate of drug-likeness (QED) is 0.332. The van der Waals surface area contributed by atoms with Crippen molar-refractivity contribution < 1.29 is 9.59 Å². The zero-order valence-corrected chi connectivity index (χ0v) is 22.1. The lowest BCUT2D eigenvalue weighted by Gasteiger charge is -2.21. The molecule has 3 aromatic rings. The van der Waals surface area contributed by atoms with Crippen molar-refractivity contribution in [1.82, 2.24) is 19.9 Å². The van der Waals surface area contributed by atoms with E-state index in [0.29, 0.717) is 6.54 Å². The molecule has 2 aromatic heterocycles. The van der Waals surface area contributed by atoms with Gasteiger partial charge in [0.05, 0.1) is 18.4 Å². The van der Waals surface area contributed by atoms with Crippen LogP contribution < -0.4 is 0 Å². The Morgan fingerprint density at radius 3 is 2.76 bits per heavy atom. The molecule has 0 bridgehead atoms. The van der Waals surface area contributed by atoms with Crippen LogP contribution in [-0.2, 0) is 30.7 Å². The zero-order chi connectivity index (χ0) is 25.6. The molecule has 1 fully saturated rings. The van der Waals surface area contributed by atoms with Crippen LogP contribution in [0.2, 0.25) is 0 Å². The normalized spacial score (nSPS) is 15.6. The van der Waals surface area contributed by atoms with E-state index in [0.717, 1.165) is 78.3 Å². The molecule has 1 aliphatic heterocycles. The molecule has 0 unspecified atom stereocenters. The standard InChI is InChI=1S/C29H33N5O2S/c1-20-6-7-23(27(10-20)29(36)22-4-2-3-5-22)11-26(35)12-28-33-25(18-37-28)17-34(15-21-8-9-30-13-21)16-24-14-31-19-32-24/h6-7,9-10,13-14,18-19,22H,2-5,8,11-12,15-17H2,1H3,(H,31,32). The molecule has 8 heteroatoms. The van der Waals surface area contributed by atoms with Gasteiger partial charge in [0, 0.05) is 73.6 Å².